The molecule has 0 saturated heterocycles. The fraction of sp³-hybridized carbons (Fsp3) is 0.235. The highest BCUT2D eigenvalue weighted by molar-refractivity contribution is 8.00. The minimum Gasteiger partial charge on any atom is -0.323 e. The summed E-state index contributed by atoms with van der Waals surface area (Å²) in [6, 6.07) is 3.04. The first kappa shape index (κ1) is 17.8. The number of benzene rings is 1. The number of hydrogen-bond donors (Lipinski definition) is 1. The molecule has 0 spiro atoms. The second-order valence-corrected chi connectivity index (χ2v) is 8.05. The number of thioether (sulfide) groups is 1. The van der Waals surface area contributed by atoms with E-state index in [1.807, 2.05) is 13.8 Å². The number of anilines is 1. The lowest BCUT2D eigenvalue weighted by Gasteiger charge is -2.12. The summed E-state index contributed by atoms with van der Waals surface area (Å²) in [6.07, 6.45) is 1.48. The highest BCUT2D eigenvalue weighted by Crippen LogP contribution is 2.36. The van der Waals surface area contributed by atoms with E-state index in [1.54, 1.807) is 18.3 Å². The van der Waals surface area contributed by atoms with Crippen LogP contribution < -0.4 is 5.32 Å². The number of aryl methyl sites for hydroxylation is 2. The zero-order chi connectivity index (χ0) is 18.1. The highest BCUT2D eigenvalue weighted by Gasteiger charge is 2.20. The first-order valence-electron chi connectivity index (χ1n) is 7.50. The van der Waals surface area contributed by atoms with Crippen LogP contribution in [0.2, 0.25) is 0 Å². The molecule has 0 saturated carbocycles. The van der Waals surface area contributed by atoms with Crippen molar-refractivity contribution in [3.63, 3.8) is 0 Å². The normalized spacial score (nSPS) is 12.4. The van der Waals surface area contributed by atoms with Crippen molar-refractivity contribution in [3.8, 4) is 0 Å². The summed E-state index contributed by atoms with van der Waals surface area (Å²) in [7, 11) is 0. The lowest BCUT2D eigenvalue weighted by molar-refractivity contribution is -0.115. The Kier molecular flexibility index (Phi) is 5.01. The number of carbonyl (C=O) groups excluding carboxylic acids is 1. The molecule has 0 fully saturated rings. The molecule has 0 aliphatic heterocycles. The van der Waals surface area contributed by atoms with Gasteiger partial charge in [0.05, 0.1) is 10.9 Å². The number of hydrogen-bond acceptors (Lipinski definition) is 5. The fourth-order valence-corrected chi connectivity index (χ4v) is 4.32. The second-order valence-electron chi connectivity index (χ2n) is 5.52. The topological polar surface area (TPSA) is 54.9 Å². The average molecular weight is 379 g/mol. The maximum absolute atomic E-state index is 13.7. The van der Waals surface area contributed by atoms with Crippen LogP contribution in [0.5, 0.6) is 0 Å². The molecule has 3 aromatic rings. The van der Waals surface area contributed by atoms with Crippen LogP contribution in [0.4, 0.5) is 14.5 Å². The monoisotopic (exact) mass is 379 g/mol. The van der Waals surface area contributed by atoms with Crippen molar-refractivity contribution in [3.05, 3.63) is 46.6 Å². The molecule has 2 aromatic heterocycles. The van der Waals surface area contributed by atoms with Gasteiger partial charge in [-0.15, -0.1) is 11.3 Å². The van der Waals surface area contributed by atoms with E-state index in [0.717, 1.165) is 32.8 Å². The molecule has 8 heteroatoms. The number of halogens is 2. The highest BCUT2D eigenvalue weighted by atomic mass is 32.2. The summed E-state index contributed by atoms with van der Waals surface area (Å²) in [6.45, 7) is 5.73. The van der Waals surface area contributed by atoms with Gasteiger partial charge in [-0.05, 0) is 38.5 Å². The van der Waals surface area contributed by atoms with Gasteiger partial charge in [0.25, 0.3) is 0 Å². The van der Waals surface area contributed by atoms with Crippen molar-refractivity contribution < 1.29 is 13.6 Å². The number of aromatic nitrogens is 2. The van der Waals surface area contributed by atoms with Gasteiger partial charge in [0, 0.05) is 16.3 Å². The lowest BCUT2D eigenvalue weighted by Crippen LogP contribution is -2.23. The van der Waals surface area contributed by atoms with Gasteiger partial charge in [-0.2, -0.15) is 0 Å². The Morgan fingerprint density at radius 2 is 2.04 bits per heavy atom. The van der Waals surface area contributed by atoms with E-state index in [-0.39, 0.29) is 11.6 Å². The molecular formula is C17H15F2N3OS2. The molecule has 1 atom stereocenters. The van der Waals surface area contributed by atoms with Crippen molar-refractivity contribution in [2.45, 2.75) is 31.0 Å². The summed E-state index contributed by atoms with van der Waals surface area (Å²) in [5, 5.41) is 3.63. The third-order valence-corrected chi connectivity index (χ3v) is 5.99. The van der Waals surface area contributed by atoms with Crippen LogP contribution >= 0.6 is 23.1 Å². The third-order valence-electron chi connectivity index (χ3n) is 3.78. The Labute approximate surface area is 151 Å². The zero-order valence-corrected chi connectivity index (χ0v) is 15.4. The molecule has 0 unspecified atom stereocenters. The van der Waals surface area contributed by atoms with Gasteiger partial charge >= 0.3 is 0 Å². The molecule has 0 radical (unpaired) electrons. The number of rotatable bonds is 4. The molecule has 4 nitrogen and oxygen atoms in total. The van der Waals surface area contributed by atoms with Gasteiger partial charge in [-0.1, -0.05) is 11.8 Å². The van der Waals surface area contributed by atoms with Gasteiger partial charge in [0.2, 0.25) is 5.91 Å². The molecule has 25 heavy (non-hydrogen) atoms. The van der Waals surface area contributed by atoms with Gasteiger partial charge in [-0.3, -0.25) is 4.79 Å². The fourth-order valence-electron chi connectivity index (χ4n) is 2.29. The first-order chi connectivity index (χ1) is 11.9. The Morgan fingerprint density at radius 3 is 2.76 bits per heavy atom. The van der Waals surface area contributed by atoms with Crippen LogP contribution in [-0.2, 0) is 4.79 Å². The second kappa shape index (κ2) is 7.05. The largest absolute Gasteiger partial charge is 0.323 e. The van der Waals surface area contributed by atoms with Crippen molar-refractivity contribution >= 4 is 44.9 Å². The Morgan fingerprint density at radius 1 is 1.28 bits per heavy atom. The molecule has 1 amide bonds. The molecule has 2 heterocycles. The van der Waals surface area contributed by atoms with Crippen LogP contribution in [0.3, 0.4) is 0 Å². The van der Waals surface area contributed by atoms with Crippen molar-refractivity contribution in [2.24, 2.45) is 0 Å². The summed E-state index contributed by atoms with van der Waals surface area (Å²) >= 11 is 2.87. The maximum Gasteiger partial charge on any atom is 0.237 e. The van der Waals surface area contributed by atoms with Gasteiger partial charge < -0.3 is 5.32 Å². The van der Waals surface area contributed by atoms with Crippen LogP contribution in [0.1, 0.15) is 17.4 Å². The number of fused-ring (bicyclic) bond motifs is 1. The summed E-state index contributed by atoms with van der Waals surface area (Å²) in [5.74, 6) is -1.88. The van der Waals surface area contributed by atoms with E-state index >= 15 is 0 Å². The van der Waals surface area contributed by atoms with Crippen LogP contribution in [-0.4, -0.2) is 21.1 Å². The number of amides is 1. The molecule has 3 rings (SSSR count). The first-order valence-corrected chi connectivity index (χ1v) is 9.19. The van der Waals surface area contributed by atoms with Crippen molar-refractivity contribution in [1.29, 1.82) is 0 Å². The minimum absolute atomic E-state index is 0.0470. The Balaban J connectivity index is 1.80. The van der Waals surface area contributed by atoms with Crippen molar-refractivity contribution in [2.75, 3.05) is 5.32 Å². The third kappa shape index (κ3) is 3.64. The predicted molar refractivity (Wildman–Crippen MR) is 97.2 cm³/mol. The molecule has 0 aliphatic rings. The molecular weight excluding hydrogens is 364 g/mol. The molecule has 1 aromatic carbocycles. The Bertz CT molecular complexity index is 958. The van der Waals surface area contributed by atoms with Crippen molar-refractivity contribution in [1.82, 2.24) is 9.97 Å². The van der Waals surface area contributed by atoms with Gasteiger partial charge in [0.15, 0.2) is 0 Å². The quantitative estimate of drug-likeness (QED) is 0.527. The Hall–Kier alpha value is -2.06. The zero-order valence-electron chi connectivity index (χ0n) is 13.8. The molecule has 1 N–H and O–H groups in total. The van der Waals surface area contributed by atoms with Crippen LogP contribution in [0.15, 0.2) is 29.6 Å². The van der Waals surface area contributed by atoms with E-state index < -0.39 is 16.9 Å². The van der Waals surface area contributed by atoms with Crippen LogP contribution in [0.25, 0.3) is 10.2 Å². The smallest absolute Gasteiger partial charge is 0.237 e. The van der Waals surface area contributed by atoms with Gasteiger partial charge in [0.1, 0.15) is 27.8 Å². The van der Waals surface area contributed by atoms with E-state index in [9.17, 15) is 13.6 Å². The average Bonchev–Trinajstić information content (AvgIpc) is 2.85. The standard InChI is InChI=1S/C17H15F2N3OS2/c1-8-9(2)24-16-14(8)17(21-7-20-16)25-10(3)15(23)22-13-5-4-11(18)6-12(13)19/h4-7,10H,1-3H3,(H,22,23)/t10-/m1/s1. The minimum atomic E-state index is -0.806. The van der Waals surface area contributed by atoms with E-state index in [0.29, 0.717) is 5.03 Å². The maximum atomic E-state index is 13.7. The van der Waals surface area contributed by atoms with Crippen LogP contribution in [0, 0.1) is 25.5 Å². The predicted octanol–water partition coefficient (Wildman–Crippen LogP) is 4.71. The number of carbonyl (C=O) groups is 1. The van der Waals surface area contributed by atoms with Gasteiger partial charge in [-0.25, -0.2) is 18.7 Å². The van der Waals surface area contributed by atoms with E-state index in [2.05, 4.69) is 15.3 Å². The van der Waals surface area contributed by atoms with E-state index in [1.165, 1.54) is 24.2 Å². The number of nitrogens with one attached hydrogen (secondary N) is 1. The van der Waals surface area contributed by atoms with E-state index in [4.69, 9.17) is 0 Å². The molecule has 0 aliphatic carbocycles. The molecule has 0 bridgehead atoms. The summed E-state index contributed by atoms with van der Waals surface area (Å²) in [4.78, 5) is 22.9. The summed E-state index contributed by atoms with van der Waals surface area (Å²) in [5.41, 5.74) is 1.05. The summed E-state index contributed by atoms with van der Waals surface area (Å²) < 4.78 is 26.6. The lowest BCUT2D eigenvalue weighted by atomic mass is 10.2. The number of thiophene rings is 1. The SMILES string of the molecule is Cc1sc2ncnc(S[C@H](C)C(=O)Nc3ccc(F)cc3F)c2c1C. The molecule has 130 valence electrons. The number of nitrogens with zero attached hydrogens (tertiary/aromatic N) is 2.